The first-order valence-corrected chi connectivity index (χ1v) is 6.15. The summed E-state index contributed by atoms with van der Waals surface area (Å²) in [7, 11) is -2.55. The van der Waals surface area contributed by atoms with Crippen molar-refractivity contribution in [1.29, 1.82) is 0 Å². The van der Waals surface area contributed by atoms with Gasteiger partial charge in [-0.1, -0.05) is 0 Å². The van der Waals surface area contributed by atoms with E-state index >= 15 is 0 Å². The first-order chi connectivity index (χ1) is 9.87. The van der Waals surface area contributed by atoms with Crippen LogP contribution in [0.25, 0.3) is 0 Å². The predicted octanol–water partition coefficient (Wildman–Crippen LogP) is 1.23. The van der Waals surface area contributed by atoms with Gasteiger partial charge in [0.25, 0.3) is 0 Å². The Morgan fingerprint density at radius 1 is 1.42 bits per heavy atom. The summed E-state index contributed by atoms with van der Waals surface area (Å²) in [5.74, 6) is -0.243. The van der Waals surface area contributed by atoms with Gasteiger partial charge in [0, 0.05) is 7.04 Å². The molecule has 6 nitrogen and oxygen atoms in total. The number of morpholine rings is 1. The maximum Gasteiger partial charge on any atom is 0.410 e. The van der Waals surface area contributed by atoms with Crippen molar-refractivity contribution < 1.29 is 27.9 Å². The van der Waals surface area contributed by atoms with Gasteiger partial charge in [-0.25, -0.2) is 4.79 Å². The van der Waals surface area contributed by atoms with E-state index < -0.39 is 30.9 Å². The Balaban J connectivity index is 2.72. The fraction of sp³-hybridized carbons (Fsp3) is 0.846. The summed E-state index contributed by atoms with van der Waals surface area (Å²) in [5.41, 5.74) is -0.661. The highest BCUT2D eigenvalue weighted by Crippen LogP contribution is 2.16. The van der Waals surface area contributed by atoms with Gasteiger partial charge in [0.2, 0.25) is 0 Å². The molecule has 0 unspecified atom stereocenters. The van der Waals surface area contributed by atoms with Crippen molar-refractivity contribution in [1.82, 2.24) is 4.90 Å². The monoisotopic (exact) mass is 276 g/mol. The van der Waals surface area contributed by atoms with E-state index in [0.29, 0.717) is 0 Å². The van der Waals surface area contributed by atoms with E-state index in [-0.39, 0.29) is 25.5 Å². The summed E-state index contributed by atoms with van der Waals surface area (Å²) < 4.78 is 36.5. The number of hydrogen-bond acceptors (Lipinski definition) is 5. The SMILES string of the molecule is [2H]C([2H])([2H])OC[C@@H]1CN(C(=O)OC(C)(C)C)C[C@H](C(C)=O)O1. The number of ketones is 1. The van der Waals surface area contributed by atoms with Gasteiger partial charge in [-0.3, -0.25) is 4.79 Å². The lowest BCUT2D eigenvalue weighted by Gasteiger charge is -2.37. The number of Topliss-reactive ketones (excluding diaryl/α,β-unsaturated/α-hetero) is 1. The summed E-state index contributed by atoms with van der Waals surface area (Å²) in [6, 6.07) is 0. The Hall–Kier alpha value is -1.14. The minimum Gasteiger partial charge on any atom is -0.444 e. The number of carbonyl (C=O) groups excluding carboxylic acids is 2. The number of rotatable bonds is 3. The highest BCUT2D eigenvalue weighted by atomic mass is 16.6. The molecule has 0 aliphatic carbocycles. The van der Waals surface area contributed by atoms with E-state index in [2.05, 4.69) is 0 Å². The Kier molecular flexibility index (Phi) is 3.89. The molecule has 0 aromatic heterocycles. The fourth-order valence-electron chi connectivity index (χ4n) is 1.72. The molecule has 1 aliphatic heterocycles. The Morgan fingerprint density at radius 2 is 2.11 bits per heavy atom. The van der Waals surface area contributed by atoms with Crippen LogP contribution >= 0.6 is 0 Å². The average molecular weight is 276 g/mol. The number of nitrogens with zero attached hydrogens (tertiary/aromatic N) is 1. The van der Waals surface area contributed by atoms with Gasteiger partial charge in [0.1, 0.15) is 11.7 Å². The van der Waals surface area contributed by atoms with Gasteiger partial charge in [0.15, 0.2) is 5.78 Å². The van der Waals surface area contributed by atoms with E-state index in [9.17, 15) is 9.59 Å². The minimum atomic E-state index is -2.55. The van der Waals surface area contributed by atoms with Gasteiger partial charge in [0.05, 0.1) is 29.9 Å². The zero-order valence-corrected chi connectivity index (χ0v) is 11.8. The van der Waals surface area contributed by atoms with Crippen LogP contribution in [-0.4, -0.2) is 61.3 Å². The molecular formula is C13H23NO5. The molecule has 0 aromatic rings. The Morgan fingerprint density at radius 3 is 2.63 bits per heavy atom. The number of ether oxygens (including phenoxy) is 3. The van der Waals surface area contributed by atoms with Crippen molar-refractivity contribution >= 4 is 11.9 Å². The third-order valence-corrected chi connectivity index (χ3v) is 2.54. The largest absolute Gasteiger partial charge is 0.444 e. The van der Waals surface area contributed by atoms with E-state index in [1.54, 1.807) is 20.8 Å². The van der Waals surface area contributed by atoms with Crippen LogP contribution < -0.4 is 0 Å². The second kappa shape index (κ2) is 6.34. The third kappa shape index (κ3) is 5.16. The quantitative estimate of drug-likeness (QED) is 0.775. The molecule has 0 radical (unpaired) electrons. The Labute approximate surface area is 118 Å². The molecule has 2 atom stereocenters. The summed E-state index contributed by atoms with van der Waals surface area (Å²) in [6.07, 6.45) is -2.08. The molecule has 6 heteroatoms. The standard InChI is InChI=1S/C13H23NO5/c1-9(15)11-7-14(6-10(18-11)8-17-5)12(16)19-13(2,3)4/h10-11H,6-8H2,1-5H3/t10-,11+/m0/s1/i5D3. The summed E-state index contributed by atoms with van der Waals surface area (Å²) in [6.45, 7) is 6.52. The van der Waals surface area contributed by atoms with Crippen LogP contribution in [0.1, 0.15) is 31.8 Å². The molecule has 0 aromatic carbocycles. The average Bonchev–Trinajstić information content (AvgIpc) is 2.33. The summed E-state index contributed by atoms with van der Waals surface area (Å²) >= 11 is 0. The van der Waals surface area contributed by atoms with Gasteiger partial charge >= 0.3 is 6.09 Å². The van der Waals surface area contributed by atoms with E-state index in [1.807, 2.05) is 0 Å². The molecular weight excluding hydrogens is 250 g/mol. The lowest BCUT2D eigenvalue weighted by atomic mass is 10.1. The van der Waals surface area contributed by atoms with Crippen LogP contribution in [0, 0.1) is 0 Å². The van der Waals surface area contributed by atoms with E-state index in [1.165, 1.54) is 11.8 Å². The lowest BCUT2D eigenvalue weighted by molar-refractivity contribution is -0.146. The van der Waals surface area contributed by atoms with Crippen molar-refractivity contribution in [3.05, 3.63) is 0 Å². The molecule has 110 valence electrons. The van der Waals surface area contributed by atoms with Crippen LogP contribution in [0.3, 0.4) is 0 Å². The zero-order valence-electron chi connectivity index (χ0n) is 14.8. The van der Waals surface area contributed by atoms with Crippen LogP contribution in [-0.2, 0) is 19.0 Å². The number of carbonyl (C=O) groups is 2. The van der Waals surface area contributed by atoms with Gasteiger partial charge in [-0.15, -0.1) is 0 Å². The molecule has 1 heterocycles. The number of amides is 1. The molecule has 1 rings (SSSR count). The minimum absolute atomic E-state index is 0.0779. The normalized spacial score (nSPS) is 27.2. The molecule has 1 amide bonds. The number of methoxy groups -OCH3 is 1. The van der Waals surface area contributed by atoms with Gasteiger partial charge in [-0.05, 0) is 27.7 Å². The lowest BCUT2D eigenvalue weighted by Crippen LogP contribution is -2.54. The first kappa shape index (κ1) is 11.7. The van der Waals surface area contributed by atoms with Gasteiger partial charge in [-0.2, -0.15) is 0 Å². The molecule has 1 fully saturated rings. The third-order valence-electron chi connectivity index (χ3n) is 2.54. The van der Waals surface area contributed by atoms with Crippen molar-refractivity contribution in [3.8, 4) is 0 Å². The Bertz CT molecular complexity index is 419. The van der Waals surface area contributed by atoms with Crippen LogP contribution in [0.15, 0.2) is 0 Å². The first-order valence-electron chi connectivity index (χ1n) is 7.65. The smallest absolute Gasteiger partial charge is 0.410 e. The molecule has 0 saturated carbocycles. The maximum absolute atomic E-state index is 12.1. The molecule has 0 spiro atoms. The zero-order chi connectivity index (χ0) is 17.1. The topological polar surface area (TPSA) is 65.1 Å². The van der Waals surface area contributed by atoms with Crippen LogP contribution in [0.2, 0.25) is 0 Å². The summed E-state index contributed by atoms with van der Waals surface area (Å²) in [4.78, 5) is 25.0. The highest BCUT2D eigenvalue weighted by Gasteiger charge is 2.34. The summed E-state index contributed by atoms with van der Waals surface area (Å²) in [5, 5.41) is 0. The second-order valence-corrected chi connectivity index (χ2v) is 5.55. The second-order valence-electron chi connectivity index (χ2n) is 5.55. The predicted molar refractivity (Wildman–Crippen MR) is 69.0 cm³/mol. The molecule has 1 saturated heterocycles. The fourth-order valence-corrected chi connectivity index (χ4v) is 1.72. The number of hydrogen-bond donors (Lipinski definition) is 0. The van der Waals surface area contributed by atoms with Crippen molar-refractivity contribution in [2.24, 2.45) is 0 Å². The van der Waals surface area contributed by atoms with Crippen molar-refractivity contribution in [3.63, 3.8) is 0 Å². The van der Waals surface area contributed by atoms with Crippen molar-refractivity contribution in [2.75, 3.05) is 26.7 Å². The van der Waals surface area contributed by atoms with E-state index in [0.717, 1.165) is 0 Å². The highest BCUT2D eigenvalue weighted by molar-refractivity contribution is 5.81. The van der Waals surface area contributed by atoms with Gasteiger partial charge < -0.3 is 19.1 Å². The maximum atomic E-state index is 12.1. The van der Waals surface area contributed by atoms with Crippen LogP contribution in [0.5, 0.6) is 0 Å². The molecule has 19 heavy (non-hydrogen) atoms. The van der Waals surface area contributed by atoms with E-state index in [4.69, 9.17) is 18.3 Å². The molecule has 0 N–H and O–H groups in total. The molecule has 1 aliphatic rings. The molecule has 0 bridgehead atoms. The van der Waals surface area contributed by atoms with Crippen LogP contribution in [0.4, 0.5) is 4.79 Å². The van der Waals surface area contributed by atoms with Crippen molar-refractivity contribution in [2.45, 2.75) is 45.5 Å².